The van der Waals surface area contributed by atoms with Gasteiger partial charge in [0.2, 0.25) is 0 Å². The summed E-state index contributed by atoms with van der Waals surface area (Å²) in [7, 11) is 5.89. The van der Waals surface area contributed by atoms with Crippen LogP contribution in [0.25, 0.3) is 0 Å². The molecule has 5 heteroatoms. The Bertz CT molecular complexity index is 686. The summed E-state index contributed by atoms with van der Waals surface area (Å²) >= 11 is 3.40. The zero-order valence-electron chi connectivity index (χ0n) is 13.6. The summed E-state index contributed by atoms with van der Waals surface area (Å²) in [5, 5.41) is 9.87. The van der Waals surface area contributed by atoms with Gasteiger partial charge in [0.15, 0.2) is 0 Å². The first-order chi connectivity index (χ1) is 11.0. The average Bonchev–Trinajstić information content (AvgIpc) is 2.54. The summed E-state index contributed by atoms with van der Waals surface area (Å²) < 4.78 is 6.38. The number of hydrogen-bond acceptors (Lipinski definition) is 3. The lowest BCUT2D eigenvalue weighted by Crippen LogP contribution is -3.06. The van der Waals surface area contributed by atoms with Gasteiger partial charge in [0, 0.05) is 16.3 Å². The van der Waals surface area contributed by atoms with Crippen LogP contribution in [0.4, 0.5) is 0 Å². The van der Waals surface area contributed by atoms with Crippen LogP contribution in [0.5, 0.6) is 11.5 Å². The third-order valence-corrected chi connectivity index (χ3v) is 4.21. The van der Waals surface area contributed by atoms with Crippen molar-refractivity contribution < 1.29 is 14.7 Å². The Labute approximate surface area is 145 Å². The Morgan fingerprint density at radius 1 is 1.26 bits per heavy atom. The van der Waals surface area contributed by atoms with Crippen molar-refractivity contribution in [2.45, 2.75) is 6.04 Å². The minimum atomic E-state index is 0.177. The highest BCUT2D eigenvalue weighted by Gasteiger charge is 2.20. The van der Waals surface area contributed by atoms with Crippen LogP contribution in [0.15, 0.2) is 51.9 Å². The maximum absolute atomic E-state index is 9.87. The molecule has 0 aliphatic carbocycles. The van der Waals surface area contributed by atoms with Crippen molar-refractivity contribution in [2.75, 3.05) is 27.7 Å². The van der Waals surface area contributed by atoms with Crippen LogP contribution < -0.4 is 9.64 Å². The lowest BCUT2D eigenvalue weighted by atomic mass is 10.0. The van der Waals surface area contributed by atoms with Gasteiger partial charge in [-0.25, -0.2) is 0 Å². The van der Waals surface area contributed by atoms with Gasteiger partial charge in [-0.1, -0.05) is 28.1 Å². The predicted molar refractivity (Wildman–Crippen MR) is 96.8 cm³/mol. The van der Waals surface area contributed by atoms with E-state index in [0.717, 1.165) is 15.8 Å². The van der Waals surface area contributed by atoms with Gasteiger partial charge in [-0.3, -0.25) is 4.99 Å². The highest BCUT2D eigenvalue weighted by molar-refractivity contribution is 9.10. The zero-order valence-corrected chi connectivity index (χ0v) is 15.2. The van der Waals surface area contributed by atoms with Crippen LogP contribution in [0.2, 0.25) is 0 Å². The van der Waals surface area contributed by atoms with E-state index in [4.69, 9.17) is 4.74 Å². The number of nitrogens with one attached hydrogen (secondary N) is 1. The van der Waals surface area contributed by atoms with E-state index in [1.54, 1.807) is 25.5 Å². The first-order valence-electron chi connectivity index (χ1n) is 7.44. The van der Waals surface area contributed by atoms with Crippen LogP contribution in [-0.2, 0) is 0 Å². The summed E-state index contributed by atoms with van der Waals surface area (Å²) in [5.74, 6) is 1.10. The highest BCUT2D eigenvalue weighted by atomic mass is 79.9. The number of benzene rings is 2. The number of likely N-dealkylation sites (N-methyl/N-ethyl adjacent to an activating group) is 1. The number of methoxy groups -OCH3 is 1. The van der Waals surface area contributed by atoms with Crippen molar-refractivity contribution in [3.05, 3.63) is 58.1 Å². The summed E-state index contributed by atoms with van der Waals surface area (Å²) in [6, 6.07) is 13.5. The topological polar surface area (TPSA) is 46.3 Å². The van der Waals surface area contributed by atoms with E-state index in [9.17, 15) is 5.11 Å². The van der Waals surface area contributed by atoms with E-state index in [2.05, 4.69) is 41.1 Å². The molecule has 0 aliphatic rings. The number of aliphatic imine (C=N–C) groups is 1. The molecule has 0 aromatic heterocycles. The Kier molecular flexibility index (Phi) is 6.19. The van der Waals surface area contributed by atoms with E-state index in [1.165, 1.54) is 4.90 Å². The SMILES string of the molecule is COc1ccccc1[C@H](CN=Cc1cc(Br)ccc1O)[NH+](C)C. The molecule has 0 fully saturated rings. The molecule has 2 aromatic rings. The fourth-order valence-electron chi connectivity index (χ4n) is 2.43. The maximum Gasteiger partial charge on any atom is 0.136 e. The molecule has 0 saturated heterocycles. The summed E-state index contributed by atoms with van der Waals surface area (Å²) in [4.78, 5) is 5.80. The van der Waals surface area contributed by atoms with E-state index < -0.39 is 0 Å². The normalized spacial score (nSPS) is 12.7. The number of nitrogens with zero attached hydrogens (tertiary/aromatic N) is 1. The van der Waals surface area contributed by atoms with Gasteiger partial charge in [-0.2, -0.15) is 0 Å². The predicted octanol–water partition coefficient (Wildman–Crippen LogP) is 2.47. The number of ether oxygens (including phenoxy) is 1. The minimum Gasteiger partial charge on any atom is -0.507 e. The van der Waals surface area contributed by atoms with Gasteiger partial charge in [0.1, 0.15) is 17.5 Å². The van der Waals surface area contributed by atoms with E-state index in [-0.39, 0.29) is 11.8 Å². The van der Waals surface area contributed by atoms with Gasteiger partial charge in [-0.05, 0) is 30.3 Å². The van der Waals surface area contributed by atoms with E-state index >= 15 is 0 Å². The first-order valence-corrected chi connectivity index (χ1v) is 8.23. The van der Waals surface area contributed by atoms with Crippen LogP contribution >= 0.6 is 15.9 Å². The van der Waals surface area contributed by atoms with Gasteiger partial charge < -0.3 is 14.7 Å². The molecule has 0 amide bonds. The molecule has 2 aromatic carbocycles. The van der Waals surface area contributed by atoms with Crippen LogP contribution in [0.1, 0.15) is 17.2 Å². The zero-order chi connectivity index (χ0) is 16.8. The third-order valence-electron chi connectivity index (χ3n) is 3.72. The molecule has 2 rings (SSSR count). The number of phenolic OH excluding ortho intramolecular Hbond substituents is 1. The number of aromatic hydroxyl groups is 1. The molecule has 0 heterocycles. The first kappa shape index (κ1) is 17.5. The van der Waals surface area contributed by atoms with Crippen LogP contribution in [0, 0.1) is 0 Å². The number of para-hydroxylation sites is 1. The molecule has 23 heavy (non-hydrogen) atoms. The average molecular weight is 378 g/mol. The molecule has 0 saturated carbocycles. The number of halogens is 1. The van der Waals surface area contributed by atoms with Crippen molar-refractivity contribution in [3.63, 3.8) is 0 Å². The third kappa shape index (κ3) is 4.56. The van der Waals surface area contributed by atoms with Gasteiger partial charge in [0.25, 0.3) is 0 Å². The molecule has 0 radical (unpaired) electrons. The number of rotatable bonds is 6. The lowest BCUT2D eigenvalue weighted by Gasteiger charge is -2.21. The van der Waals surface area contributed by atoms with Gasteiger partial charge >= 0.3 is 0 Å². The number of phenols is 1. The van der Waals surface area contributed by atoms with Crippen molar-refractivity contribution in [3.8, 4) is 11.5 Å². The smallest absolute Gasteiger partial charge is 0.136 e. The summed E-state index contributed by atoms with van der Waals surface area (Å²) in [6.07, 6.45) is 1.71. The van der Waals surface area contributed by atoms with Crippen LogP contribution in [0.3, 0.4) is 0 Å². The molecule has 4 nitrogen and oxygen atoms in total. The largest absolute Gasteiger partial charge is 0.507 e. The molecule has 0 bridgehead atoms. The Morgan fingerprint density at radius 2 is 2.00 bits per heavy atom. The molecule has 1 atom stereocenters. The molecular formula is C18H22BrN2O2+. The number of quaternary nitrogens is 1. The minimum absolute atomic E-state index is 0.177. The fourth-order valence-corrected chi connectivity index (χ4v) is 2.81. The molecule has 0 aliphatic heterocycles. The molecule has 2 N–H and O–H groups in total. The molecule has 0 unspecified atom stereocenters. The monoisotopic (exact) mass is 377 g/mol. The van der Waals surface area contributed by atoms with Crippen molar-refractivity contribution in [2.24, 2.45) is 4.99 Å². The Morgan fingerprint density at radius 3 is 2.70 bits per heavy atom. The van der Waals surface area contributed by atoms with Gasteiger partial charge in [0.05, 0.1) is 33.3 Å². The fraction of sp³-hybridized carbons (Fsp3) is 0.278. The highest BCUT2D eigenvalue weighted by Crippen LogP contribution is 2.24. The van der Waals surface area contributed by atoms with Gasteiger partial charge in [-0.15, -0.1) is 0 Å². The Hall–Kier alpha value is -1.85. The van der Waals surface area contributed by atoms with Crippen LogP contribution in [-0.4, -0.2) is 39.1 Å². The molecule has 0 spiro atoms. The molecule has 122 valence electrons. The van der Waals surface area contributed by atoms with Crippen molar-refractivity contribution >= 4 is 22.1 Å². The van der Waals surface area contributed by atoms with E-state index in [0.29, 0.717) is 12.1 Å². The second-order valence-corrected chi connectivity index (χ2v) is 6.48. The second kappa shape index (κ2) is 8.13. The summed E-state index contributed by atoms with van der Waals surface area (Å²) in [6.45, 7) is 0.606. The van der Waals surface area contributed by atoms with Crippen molar-refractivity contribution in [1.82, 2.24) is 0 Å². The van der Waals surface area contributed by atoms with Crippen molar-refractivity contribution in [1.29, 1.82) is 0 Å². The quantitative estimate of drug-likeness (QED) is 0.759. The number of hydrogen-bond donors (Lipinski definition) is 2. The Balaban J connectivity index is 2.20. The standard InChI is InChI=1S/C18H21BrN2O2/c1-21(2)16(15-6-4-5-7-18(15)23-3)12-20-11-13-10-14(19)8-9-17(13)22/h4-11,16,22H,12H2,1-3H3/p+1/t16-/m0/s1. The maximum atomic E-state index is 9.87. The van der Waals surface area contributed by atoms with E-state index in [1.807, 2.05) is 24.3 Å². The summed E-state index contributed by atoms with van der Waals surface area (Å²) in [5.41, 5.74) is 1.83. The second-order valence-electron chi connectivity index (χ2n) is 5.57. The molecular weight excluding hydrogens is 356 g/mol. The lowest BCUT2D eigenvalue weighted by molar-refractivity contribution is -0.890.